The van der Waals surface area contributed by atoms with Gasteiger partial charge in [-0.25, -0.2) is 0 Å². The van der Waals surface area contributed by atoms with E-state index in [1.54, 1.807) is 0 Å². The summed E-state index contributed by atoms with van der Waals surface area (Å²) >= 11 is 0. The van der Waals surface area contributed by atoms with E-state index >= 15 is 0 Å². The van der Waals surface area contributed by atoms with E-state index in [0.29, 0.717) is 0 Å². The Morgan fingerprint density at radius 1 is 1.05 bits per heavy atom. The molecule has 0 unspecified atom stereocenters. The number of carbonyl (C=O) groups excluding carboxylic acids is 1. The molecule has 21 heavy (non-hydrogen) atoms. The zero-order chi connectivity index (χ0) is 15.1. The molecule has 2 rings (SSSR count). The van der Waals surface area contributed by atoms with Gasteiger partial charge in [0.1, 0.15) is 6.10 Å². The van der Waals surface area contributed by atoms with E-state index < -0.39 is 0 Å². The predicted octanol–water partition coefficient (Wildman–Crippen LogP) is 4.57. The third-order valence-corrected chi connectivity index (χ3v) is 3.25. The molecule has 0 aliphatic carbocycles. The van der Waals surface area contributed by atoms with Crippen LogP contribution in [0.1, 0.15) is 31.4 Å². The van der Waals surface area contributed by atoms with E-state index in [4.69, 9.17) is 4.74 Å². The summed E-state index contributed by atoms with van der Waals surface area (Å²) in [5.74, 6) is -0.253. The molecule has 0 fully saturated rings. The highest BCUT2D eigenvalue weighted by Gasteiger charge is 2.17. The van der Waals surface area contributed by atoms with Gasteiger partial charge in [0, 0.05) is 12.5 Å². The standard InChI is InChI=1S/C19H20O2/c1-3-19(21-15(2)20)18(17-12-8-5-9-13-17)14-16-10-6-4-7-11-16/h4-14,19H,3H2,1-2H3/b18-14+/t19-/m1/s1. The lowest BCUT2D eigenvalue weighted by molar-refractivity contribution is -0.143. The van der Waals surface area contributed by atoms with Crippen molar-refractivity contribution in [1.82, 2.24) is 0 Å². The first-order chi connectivity index (χ1) is 10.2. The van der Waals surface area contributed by atoms with Gasteiger partial charge < -0.3 is 4.74 Å². The van der Waals surface area contributed by atoms with Crippen LogP contribution in [0.2, 0.25) is 0 Å². The molecule has 0 heterocycles. The van der Waals surface area contributed by atoms with E-state index in [2.05, 4.69) is 6.08 Å². The highest BCUT2D eigenvalue weighted by molar-refractivity contribution is 5.85. The van der Waals surface area contributed by atoms with E-state index in [1.807, 2.05) is 67.6 Å². The summed E-state index contributed by atoms with van der Waals surface area (Å²) in [5, 5.41) is 0. The fraction of sp³-hybridized carbons (Fsp3) is 0.211. The molecule has 0 aliphatic rings. The fourth-order valence-electron chi connectivity index (χ4n) is 2.29. The van der Waals surface area contributed by atoms with Gasteiger partial charge in [0.05, 0.1) is 0 Å². The smallest absolute Gasteiger partial charge is 0.303 e. The van der Waals surface area contributed by atoms with Crippen LogP contribution in [0.4, 0.5) is 0 Å². The molecule has 1 atom stereocenters. The molecule has 2 aromatic carbocycles. The highest BCUT2D eigenvalue weighted by atomic mass is 16.5. The number of hydrogen-bond donors (Lipinski definition) is 0. The van der Waals surface area contributed by atoms with Crippen LogP contribution < -0.4 is 0 Å². The van der Waals surface area contributed by atoms with Crippen molar-refractivity contribution in [2.24, 2.45) is 0 Å². The number of ether oxygens (including phenoxy) is 1. The van der Waals surface area contributed by atoms with Crippen molar-refractivity contribution in [3.05, 3.63) is 71.8 Å². The highest BCUT2D eigenvalue weighted by Crippen LogP contribution is 2.26. The first-order valence-electron chi connectivity index (χ1n) is 7.20. The summed E-state index contributed by atoms with van der Waals surface area (Å²) < 4.78 is 5.48. The Balaban J connectivity index is 2.44. The summed E-state index contributed by atoms with van der Waals surface area (Å²) in [4.78, 5) is 11.4. The first kappa shape index (κ1) is 15.0. The quantitative estimate of drug-likeness (QED) is 0.592. The van der Waals surface area contributed by atoms with E-state index in [1.165, 1.54) is 6.92 Å². The van der Waals surface area contributed by atoms with Crippen molar-refractivity contribution < 1.29 is 9.53 Å². The van der Waals surface area contributed by atoms with Crippen LogP contribution >= 0.6 is 0 Å². The van der Waals surface area contributed by atoms with Crippen molar-refractivity contribution in [3.63, 3.8) is 0 Å². The van der Waals surface area contributed by atoms with Crippen LogP contribution in [0.3, 0.4) is 0 Å². The van der Waals surface area contributed by atoms with Crippen LogP contribution in [0, 0.1) is 0 Å². The predicted molar refractivity (Wildman–Crippen MR) is 86.6 cm³/mol. The molecular weight excluding hydrogens is 260 g/mol. The van der Waals surface area contributed by atoms with Crippen molar-refractivity contribution in [3.8, 4) is 0 Å². The molecular formula is C19H20O2. The second-order valence-corrected chi connectivity index (χ2v) is 4.88. The van der Waals surface area contributed by atoms with Crippen LogP contribution in [-0.4, -0.2) is 12.1 Å². The van der Waals surface area contributed by atoms with Crippen molar-refractivity contribution in [2.75, 3.05) is 0 Å². The van der Waals surface area contributed by atoms with E-state index in [0.717, 1.165) is 23.1 Å². The Morgan fingerprint density at radius 3 is 2.14 bits per heavy atom. The Labute approximate surface area is 126 Å². The number of benzene rings is 2. The Morgan fingerprint density at radius 2 is 1.62 bits per heavy atom. The van der Waals surface area contributed by atoms with Crippen LogP contribution in [-0.2, 0) is 9.53 Å². The lowest BCUT2D eigenvalue weighted by Gasteiger charge is -2.19. The van der Waals surface area contributed by atoms with Crippen LogP contribution in [0.15, 0.2) is 60.7 Å². The van der Waals surface area contributed by atoms with Gasteiger partial charge in [-0.2, -0.15) is 0 Å². The molecule has 0 radical (unpaired) electrons. The minimum absolute atomic E-state index is 0.231. The molecule has 0 N–H and O–H groups in total. The molecule has 108 valence electrons. The molecule has 2 aromatic rings. The number of esters is 1. The molecule has 2 nitrogen and oxygen atoms in total. The Hall–Kier alpha value is -2.35. The molecule has 2 heteroatoms. The topological polar surface area (TPSA) is 26.3 Å². The lowest BCUT2D eigenvalue weighted by Crippen LogP contribution is -2.17. The third-order valence-electron chi connectivity index (χ3n) is 3.25. The monoisotopic (exact) mass is 280 g/mol. The summed E-state index contributed by atoms with van der Waals surface area (Å²) in [5.41, 5.74) is 3.20. The largest absolute Gasteiger partial charge is 0.458 e. The van der Waals surface area contributed by atoms with Gasteiger partial charge in [0.25, 0.3) is 0 Å². The first-order valence-corrected chi connectivity index (χ1v) is 7.20. The summed E-state index contributed by atoms with van der Waals surface area (Å²) in [6, 6.07) is 20.1. The van der Waals surface area contributed by atoms with Gasteiger partial charge in [-0.05, 0) is 23.6 Å². The van der Waals surface area contributed by atoms with Gasteiger partial charge in [-0.15, -0.1) is 0 Å². The minimum atomic E-state index is -0.253. The van der Waals surface area contributed by atoms with Crippen molar-refractivity contribution in [2.45, 2.75) is 26.4 Å². The third kappa shape index (κ3) is 4.32. The maximum atomic E-state index is 11.4. The second-order valence-electron chi connectivity index (χ2n) is 4.88. The number of carbonyl (C=O) groups is 1. The Bertz CT molecular complexity index is 600. The van der Waals surface area contributed by atoms with Crippen molar-refractivity contribution in [1.29, 1.82) is 0 Å². The van der Waals surface area contributed by atoms with E-state index in [9.17, 15) is 4.79 Å². The normalized spacial score (nSPS) is 12.8. The second kappa shape index (κ2) is 7.44. The Kier molecular flexibility index (Phi) is 5.33. The lowest BCUT2D eigenvalue weighted by atomic mass is 9.96. The molecule has 0 saturated carbocycles. The average molecular weight is 280 g/mol. The zero-order valence-corrected chi connectivity index (χ0v) is 12.5. The minimum Gasteiger partial charge on any atom is -0.458 e. The molecule has 0 amide bonds. The fourth-order valence-corrected chi connectivity index (χ4v) is 2.29. The van der Waals surface area contributed by atoms with Crippen molar-refractivity contribution >= 4 is 17.6 Å². The van der Waals surface area contributed by atoms with E-state index in [-0.39, 0.29) is 12.1 Å². The molecule has 0 aliphatic heterocycles. The molecule has 0 spiro atoms. The molecule has 0 saturated heterocycles. The summed E-state index contributed by atoms with van der Waals surface area (Å²) in [7, 11) is 0. The maximum absolute atomic E-state index is 11.4. The van der Waals surface area contributed by atoms with Gasteiger partial charge in [0.2, 0.25) is 0 Å². The van der Waals surface area contributed by atoms with Crippen LogP contribution in [0.25, 0.3) is 11.6 Å². The summed E-state index contributed by atoms with van der Waals surface area (Å²) in [6.07, 6.45) is 2.60. The van der Waals surface area contributed by atoms with Gasteiger partial charge in [-0.3, -0.25) is 4.79 Å². The maximum Gasteiger partial charge on any atom is 0.303 e. The van der Waals surface area contributed by atoms with Gasteiger partial charge >= 0.3 is 5.97 Å². The summed E-state index contributed by atoms with van der Waals surface area (Å²) in [6.45, 7) is 3.48. The molecule has 0 bridgehead atoms. The SMILES string of the molecule is CC[C@@H](OC(C)=O)/C(=C/c1ccccc1)c1ccccc1. The zero-order valence-electron chi connectivity index (χ0n) is 12.5. The average Bonchev–Trinajstić information content (AvgIpc) is 2.52. The van der Waals surface area contributed by atoms with Gasteiger partial charge in [0.15, 0.2) is 0 Å². The van der Waals surface area contributed by atoms with Crippen LogP contribution in [0.5, 0.6) is 0 Å². The van der Waals surface area contributed by atoms with Gasteiger partial charge in [-0.1, -0.05) is 67.6 Å². The molecule has 0 aromatic heterocycles. The number of hydrogen-bond acceptors (Lipinski definition) is 2. The number of rotatable bonds is 5.